The average molecular weight is 343 g/mol. The second kappa shape index (κ2) is 8.11. The lowest BCUT2D eigenvalue weighted by Crippen LogP contribution is -2.42. The maximum atomic E-state index is 13.2. The summed E-state index contributed by atoms with van der Waals surface area (Å²) < 4.78 is 13.7. The summed E-state index contributed by atoms with van der Waals surface area (Å²) in [6.45, 7) is 6.71. The van der Waals surface area contributed by atoms with Crippen molar-refractivity contribution in [3.05, 3.63) is 34.1 Å². The van der Waals surface area contributed by atoms with Gasteiger partial charge < -0.3 is 10.2 Å². The van der Waals surface area contributed by atoms with Crippen LogP contribution in [0.4, 0.5) is 4.39 Å². The molecule has 0 bridgehead atoms. The third-order valence-electron chi connectivity index (χ3n) is 3.99. The van der Waals surface area contributed by atoms with Crippen LogP contribution in [0.2, 0.25) is 0 Å². The van der Waals surface area contributed by atoms with E-state index >= 15 is 0 Å². The van der Waals surface area contributed by atoms with E-state index in [1.807, 2.05) is 12.1 Å². The molecule has 0 aromatic heterocycles. The Balaban J connectivity index is 1.71. The number of hydrogen-bond donors (Lipinski definition) is 1. The van der Waals surface area contributed by atoms with Crippen molar-refractivity contribution in [2.24, 2.45) is 0 Å². The zero-order valence-electron chi connectivity index (χ0n) is 12.2. The van der Waals surface area contributed by atoms with Crippen LogP contribution in [0.1, 0.15) is 38.2 Å². The lowest BCUT2D eigenvalue weighted by atomic mass is 10.0. The second-order valence-electron chi connectivity index (χ2n) is 5.60. The predicted octanol–water partition coefficient (Wildman–Crippen LogP) is 3.94. The molecule has 1 aliphatic heterocycles. The Hall–Kier alpha value is -0.450. The first-order valence-electron chi connectivity index (χ1n) is 7.58. The molecule has 1 heterocycles. The maximum absolute atomic E-state index is 13.2. The van der Waals surface area contributed by atoms with Gasteiger partial charge in [-0.2, -0.15) is 0 Å². The van der Waals surface area contributed by atoms with Gasteiger partial charge in [0.2, 0.25) is 0 Å². The van der Waals surface area contributed by atoms with Gasteiger partial charge in [0.05, 0.1) is 4.47 Å². The van der Waals surface area contributed by atoms with Gasteiger partial charge in [0, 0.05) is 12.6 Å². The molecule has 1 fully saturated rings. The molecule has 112 valence electrons. The molecule has 4 heteroatoms. The quantitative estimate of drug-likeness (QED) is 0.842. The van der Waals surface area contributed by atoms with Crippen molar-refractivity contribution in [3.63, 3.8) is 0 Å². The summed E-state index contributed by atoms with van der Waals surface area (Å²) in [7, 11) is 0. The normalized spacial score (nSPS) is 17.6. The number of piperidine rings is 1. The molecule has 0 aliphatic carbocycles. The lowest BCUT2D eigenvalue weighted by Gasteiger charge is -2.32. The summed E-state index contributed by atoms with van der Waals surface area (Å²) in [5, 5.41) is 3.59. The largest absolute Gasteiger partial charge is 0.310 e. The van der Waals surface area contributed by atoms with E-state index in [4.69, 9.17) is 0 Å². The third kappa shape index (κ3) is 4.83. The zero-order chi connectivity index (χ0) is 14.4. The van der Waals surface area contributed by atoms with Crippen molar-refractivity contribution in [3.8, 4) is 0 Å². The first-order chi connectivity index (χ1) is 9.69. The van der Waals surface area contributed by atoms with Crippen molar-refractivity contribution in [1.82, 2.24) is 10.2 Å². The van der Waals surface area contributed by atoms with Crippen molar-refractivity contribution < 1.29 is 4.39 Å². The second-order valence-corrected chi connectivity index (χ2v) is 6.45. The third-order valence-corrected chi connectivity index (χ3v) is 4.60. The number of rotatable bonds is 6. The Morgan fingerprint density at radius 1 is 1.35 bits per heavy atom. The zero-order valence-corrected chi connectivity index (χ0v) is 13.8. The molecule has 1 saturated heterocycles. The summed E-state index contributed by atoms with van der Waals surface area (Å²) in [5.74, 6) is -0.196. The van der Waals surface area contributed by atoms with Gasteiger partial charge in [-0.1, -0.05) is 19.4 Å². The van der Waals surface area contributed by atoms with E-state index in [-0.39, 0.29) is 5.82 Å². The van der Waals surface area contributed by atoms with E-state index in [1.165, 1.54) is 51.4 Å². The van der Waals surface area contributed by atoms with Crippen molar-refractivity contribution in [2.45, 2.75) is 45.2 Å². The monoisotopic (exact) mass is 342 g/mol. The Morgan fingerprint density at radius 3 is 2.75 bits per heavy atom. The highest BCUT2D eigenvalue weighted by molar-refractivity contribution is 9.10. The predicted molar refractivity (Wildman–Crippen MR) is 85.3 cm³/mol. The van der Waals surface area contributed by atoms with Gasteiger partial charge in [-0.15, -0.1) is 0 Å². The standard InChI is InChI=1S/C16H24BrFN2/c1-2-3-8-20-9-6-14(7-10-20)19-12-13-4-5-16(18)15(17)11-13/h4-5,11,14,19H,2-3,6-10,12H2,1H3. The molecule has 0 unspecified atom stereocenters. The van der Waals surface area contributed by atoms with Crippen LogP contribution in [0.5, 0.6) is 0 Å². The summed E-state index contributed by atoms with van der Waals surface area (Å²) in [5.41, 5.74) is 1.13. The van der Waals surface area contributed by atoms with Crippen molar-refractivity contribution >= 4 is 15.9 Å². The van der Waals surface area contributed by atoms with Crippen LogP contribution in [0.25, 0.3) is 0 Å². The molecule has 20 heavy (non-hydrogen) atoms. The van der Waals surface area contributed by atoms with Gasteiger partial charge in [0.15, 0.2) is 0 Å². The molecular weight excluding hydrogens is 319 g/mol. The minimum Gasteiger partial charge on any atom is -0.310 e. The first kappa shape index (κ1) is 15.9. The highest BCUT2D eigenvalue weighted by Crippen LogP contribution is 2.17. The summed E-state index contributed by atoms with van der Waals surface area (Å²) in [6, 6.07) is 5.83. The first-order valence-corrected chi connectivity index (χ1v) is 8.38. The van der Waals surface area contributed by atoms with E-state index in [2.05, 4.69) is 33.1 Å². The fraction of sp³-hybridized carbons (Fsp3) is 0.625. The fourth-order valence-electron chi connectivity index (χ4n) is 2.65. The van der Waals surface area contributed by atoms with Crippen molar-refractivity contribution in [1.29, 1.82) is 0 Å². The molecule has 0 atom stereocenters. The van der Waals surface area contributed by atoms with Gasteiger partial charge in [0.1, 0.15) is 5.82 Å². The minimum absolute atomic E-state index is 0.196. The average Bonchev–Trinajstić information content (AvgIpc) is 2.47. The van der Waals surface area contributed by atoms with Crippen LogP contribution in [0.3, 0.4) is 0 Å². The molecule has 0 saturated carbocycles. The van der Waals surface area contributed by atoms with Gasteiger partial charge >= 0.3 is 0 Å². The maximum Gasteiger partial charge on any atom is 0.137 e. The number of unbranched alkanes of at least 4 members (excludes halogenated alkanes) is 1. The summed E-state index contributed by atoms with van der Waals surface area (Å²) >= 11 is 3.23. The fourth-order valence-corrected chi connectivity index (χ4v) is 3.08. The molecule has 2 rings (SSSR count). The number of hydrogen-bond acceptors (Lipinski definition) is 2. The minimum atomic E-state index is -0.196. The molecule has 1 aromatic rings. The van der Waals surface area contributed by atoms with E-state index in [0.717, 1.165) is 12.1 Å². The van der Waals surface area contributed by atoms with Gasteiger partial charge in [-0.3, -0.25) is 0 Å². The van der Waals surface area contributed by atoms with Gasteiger partial charge in [0.25, 0.3) is 0 Å². The van der Waals surface area contributed by atoms with Crippen LogP contribution in [-0.4, -0.2) is 30.6 Å². The molecule has 0 radical (unpaired) electrons. The summed E-state index contributed by atoms with van der Waals surface area (Å²) in [4.78, 5) is 2.57. The topological polar surface area (TPSA) is 15.3 Å². The summed E-state index contributed by atoms with van der Waals surface area (Å²) in [6.07, 6.45) is 5.01. The Morgan fingerprint density at radius 2 is 2.10 bits per heavy atom. The van der Waals surface area contributed by atoms with E-state index in [1.54, 1.807) is 0 Å². The van der Waals surface area contributed by atoms with Crippen LogP contribution in [0, 0.1) is 5.82 Å². The molecule has 0 spiro atoms. The smallest absolute Gasteiger partial charge is 0.137 e. The molecule has 1 aliphatic rings. The van der Waals surface area contributed by atoms with E-state index < -0.39 is 0 Å². The molecule has 1 aromatic carbocycles. The number of likely N-dealkylation sites (tertiary alicyclic amines) is 1. The molecule has 2 nitrogen and oxygen atoms in total. The Bertz CT molecular complexity index is 417. The number of halogens is 2. The molecular formula is C16H24BrFN2. The number of nitrogens with one attached hydrogen (secondary N) is 1. The Kier molecular flexibility index (Phi) is 6.46. The number of nitrogens with zero attached hydrogens (tertiary/aromatic N) is 1. The van der Waals surface area contributed by atoms with Crippen molar-refractivity contribution in [2.75, 3.05) is 19.6 Å². The van der Waals surface area contributed by atoms with Crippen LogP contribution in [-0.2, 0) is 6.54 Å². The highest BCUT2D eigenvalue weighted by atomic mass is 79.9. The van der Waals surface area contributed by atoms with E-state index in [9.17, 15) is 4.39 Å². The lowest BCUT2D eigenvalue weighted by molar-refractivity contribution is 0.195. The van der Waals surface area contributed by atoms with Crippen LogP contribution in [0.15, 0.2) is 22.7 Å². The van der Waals surface area contributed by atoms with Gasteiger partial charge in [-0.25, -0.2) is 4.39 Å². The van der Waals surface area contributed by atoms with Crippen LogP contribution < -0.4 is 5.32 Å². The van der Waals surface area contributed by atoms with E-state index in [0.29, 0.717) is 10.5 Å². The molecule has 0 amide bonds. The SMILES string of the molecule is CCCCN1CCC(NCc2ccc(F)c(Br)c2)CC1. The molecule has 1 N–H and O–H groups in total. The Labute approximate surface area is 129 Å². The van der Waals surface area contributed by atoms with Gasteiger partial charge in [-0.05, 0) is 72.5 Å². The number of benzene rings is 1. The van der Waals surface area contributed by atoms with Crippen LogP contribution >= 0.6 is 15.9 Å². The highest BCUT2D eigenvalue weighted by Gasteiger charge is 2.18.